The van der Waals surface area contributed by atoms with E-state index < -0.39 is 11.9 Å². The average Bonchev–Trinajstić information content (AvgIpc) is 2.63. The van der Waals surface area contributed by atoms with Gasteiger partial charge in [-0.3, -0.25) is 15.4 Å². The molecule has 0 atom stereocenters. The Balaban J connectivity index is 1.69. The summed E-state index contributed by atoms with van der Waals surface area (Å²) < 4.78 is 0.952. The molecule has 3 rings (SSSR count). The van der Waals surface area contributed by atoms with Gasteiger partial charge < -0.3 is 0 Å². The number of imide groups is 1. The second-order valence-electron chi connectivity index (χ2n) is 5.43. The first kappa shape index (κ1) is 19.4. The summed E-state index contributed by atoms with van der Waals surface area (Å²) in [5.74, 6) is -0.402. The molecule has 2 aromatic carbocycles. The van der Waals surface area contributed by atoms with Crippen LogP contribution < -0.4 is 10.6 Å². The molecule has 0 bridgehead atoms. The lowest BCUT2D eigenvalue weighted by Crippen LogP contribution is -2.34. The van der Waals surface area contributed by atoms with Crippen LogP contribution in [0.25, 0.3) is 11.1 Å². The molecule has 3 amide bonds. The molecule has 5 nitrogen and oxygen atoms in total. The van der Waals surface area contributed by atoms with Crippen molar-refractivity contribution in [3.8, 4) is 11.1 Å². The number of hydrogen-bond donors (Lipinski definition) is 2. The maximum absolute atomic E-state index is 12.1. The lowest BCUT2D eigenvalue weighted by atomic mass is 10.1. The number of amides is 3. The number of aromatic nitrogens is 1. The van der Waals surface area contributed by atoms with E-state index >= 15 is 0 Å². The summed E-state index contributed by atoms with van der Waals surface area (Å²) in [7, 11) is 0. The minimum absolute atomic E-state index is 0.200. The number of anilines is 1. The highest BCUT2D eigenvalue weighted by atomic mass is 79.9. The Hall–Kier alpha value is -2.41. The standard InChI is InChI=1S/C19H12BrCl2N3O2/c20-12-7-5-11(6-8-12)13-9-10-16(23-17(13)22)24-19(27)25-18(26)14-3-1-2-4-15(14)21/h1-10H,(H2,23,24,25,26,27). The van der Waals surface area contributed by atoms with E-state index in [1.807, 2.05) is 24.3 Å². The van der Waals surface area contributed by atoms with Gasteiger partial charge in [0.25, 0.3) is 5.91 Å². The van der Waals surface area contributed by atoms with Crippen LogP contribution in [0.5, 0.6) is 0 Å². The van der Waals surface area contributed by atoms with E-state index in [0.29, 0.717) is 0 Å². The van der Waals surface area contributed by atoms with Crippen molar-refractivity contribution in [2.45, 2.75) is 0 Å². The van der Waals surface area contributed by atoms with Crippen molar-refractivity contribution in [1.82, 2.24) is 10.3 Å². The number of carbonyl (C=O) groups is 2. The van der Waals surface area contributed by atoms with E-state index in [-0.39, 0.29) is 21.6 Å². The number of carbonyl (C=O) groups excluding carboxylic acids is 2. The van der Waals surface area contributed by atoms with Gasteiger partial charge in [0.05, 0.1) is 10.6 Å². The molecule has 0 unspecified atom stereocenters. The lowest BCUT2D eigenvalue weighted by Gasteiger charge is -2.09. The molecule has 0 spiro atoms. The van der Waals surface area contributed by atoms with Crippen LogP contribution in [0.15, 0.2) is 65.1 Å². The zero-order valence-corrected chi connectivity index (χ0v) is 16.8. The molecule has 2 N–H and O–H groups in total. The van der Waals surface area contributed by atoms with Crippen molar-refractivity contribution in [3.63, 3.8) is 0 Å². The molecule has 136 valence electrons. The summed E-state index contributed by atoms with van der Waals surface area (Å²) in [4.78, 5) is 28.3. The van der Waals surface area contributed by atoms with Gasteiger partial charge >= 0.3 is 6.03 Å². The third-order valence-electron chi connectivity index (χ3n) is 3.59. The van der Waals surface area contributed by atoms with E-state index in [9.17, 15) is 9.59 Å². The molecule has 1 heterocycles. The highest BCUT2D eigenvalue weighted by Gasteiger charge is 2.14. The monoisotopic (exact) mass is 463 g/mol. The molecular weight excluding hydrogens is 453 g/mol. The van der Waals surface area contributed by atoms with Crippen LogP contribution in [0.4, 0.5) is 10.6 Å². The average molecular weight is 465 g/mol. The zero-order valence-electron chi connectivity index (χ0n) is 13.7. The smallest absolute Gasteiger partial charge is 0.292 e. The van der Waals surface area contributed by atoms with Crippen LogP contribution in [-0.2, 0) is 0 Å². The van der Waals surface area contributed by atoms with Crippen molar-refractivity contribution < 1.29 is 9.59 Å². The molecule has 0 radical (unpaired) electrons. The fraction of sp³-hybridized carbons (Fsp3) is 0. The maximum Gasteiger partial charge on any atom is 0.327 e. The van der Waals surface area contributed by atoms with Crippen LogP contribution in [0.2, 0.25) is 10.2 Å². The predicted molar refractivity (Wildman–Crippen MR) is 110 cm³/mol. The molecule has 0 aliphatic carbocycles. The molecule has 0 aliphatic heterocycles. The predicted octanol–water partition coefficient (Wildman–Crippen LogP) is 5.78. The summed E-state index contributed by atoms with van der Waals surface area (Å²) in [5, 5.41) is 5.15. The topological polar surface area (TPSA) is 71.1 Å². The van der Waals surface area contributed by atoms with Gasteiger partial charge in [-0.15, -0.1) is 0 Å². The van der Waals surface area contributed by atoms with Crippen molar-refractivity contribution in [1.29, 1.82) is 0 Å². The molecule has 3 aromatic rings. The normalized spacial score (nSPS) is 10.3. The Morgan fingerprint density at radius 1 is 0.926 bits per heavy atom. The summed E-state index contributed by atoms with van der Waals surface area (Å²) >= 11 is 15.6. The third-order valence-corrected chi connectivity index (χ3v) is 4.74. The van der Waals surface area contributed by atoms with Gasteiger partial charge in [-0.2, -0.15) is 0 Å². The van der Waals surface area contributed by atoms with Gasteiger partial charge in [-0.1, -0.05) is 63.4 Å². The number of pyridine rings is 1. The summed E-state index contributed by atoms with van der Waals surface area (Å²) in [6.07, 6.45) is 0. The van der Waals surface area contributed by atoms with Gasteiger partial charge in [-0.25, -0.2) is 9.78 Å². The highest BCUT2D eigenvalue weighted by Crippen LogP contribution is 2.28. The van der Waals surface area contributed by atoms with Crippen LogP contribution in [-0.4, -0.2) is 16.9 Å². The van der Waals surface area contributed by atoms with Gasteiger partial charge in [0.2, 0.25) is 0 Å². The minimum atomic E-state index is -0.736. The summed E-state index contributed by atoms with van der Waals surface area (Å²) in [6, 6.07) is 16.6. The maximum atomic E-state index is 12.1. The van der Waals surface area contributed by atoms with Crippen molar-refractivity contribution >= 4 is 56.9 Å². The molecule has 0 aliphatic rings. The molecule has 0 fully saturated rings. The second-order valence-corrected chi connectivity index (χ2v) is 7.11. The third kappa shape index (κ3) is 4.86. The van der Waals surface area contributed by atoms with Gasteiger partial charge in [0.1, 0.15) is 11.0 Å². The quantitative estimate of drug-likeness (QED) is 0.482. The fourth-order valence-electron chi connectivity index (χ4n) is 2.31. The SMILES string of the molecule is O=C(NC(=O)c1ccccc1Cl)Nc1ccc(-c2ccc(Br)cc2)c(Cl)n1. The number of nitrogens with zero attached hydrogens (tertiary/aromatic N) is 1. The van der Waals surface area contributed by atoms with E-state index in [1.165, 1.54) is 6.07 Å². The Labute approximate surface area is 173 Å². The number of halogens is 3. The first-order valence-corrected chi connectivity index (χ1v) is 9.28. The Morgan fingerprint density at radius 2 is 1.63 bits per heavy atom. The Bertz CT molecular complexity index is 1010. The van der Waals surface area contributed by atoms with Gasteiger partial charge in [-0.05, 0) is 42.0 Å². The van der Waals surface area contributed by atoms with Gasteiger partial charge in [0, 0.05) is 10.0 Å². The molecule has 0 saturated carbocycles. The van der Waals surface area contributed by atoms with Crippen molar-refractivity contribution in [2.75, 3.05) is 5.32 Å². The minimum Gasteiger partial charge on any atom is -0.292 e. The second kappa shape index (κ2) is 8.52. The lowest BCUT2D eigenvalue weighted by molar-refractivity contribution is 0.0967. The van der Waals surface area contributed by atoms with Crippen LogP contribution >= 0.6 is 39.1 Å². The number of benzene rings is 2. The molecule has 0 saturated heterocycles. The largest absolute Gasteiger partial charge is 0.327 e. The van der Waals surface area contributed by atoms with Crippen LogP contribution in [0.3, 0.4) is 0 Å². The molecular formula is C19H12BrCl2N3O2. The first-order chi connectivity index (χ1) is 12.9. The highest BCUT2D eigenvalue weighted by molar-refractivity contribution is 9.10. The first-order valence-electron chi connectivity index (χ1n) is 7.73. The summed E-state index contributed by atoms with van der Waals surface area (Å²) in [5.41, 5.74) is 1.81. The fourth-order valence-corrected chi connectivity index (χ4v) is 3.06. The zero-order chi connectivity index (χ0) is 19.4. The van der Waals surface area contributed by atoms with E-state index in [1.54, 1.807) is 30.3 Å². The van der Waals surface area contributed by atoms with Gasteiger partial charge in [0.15, 0.2) is 0 Å². The number of nitrogens with one attached hydrogen (secondary N) is 2. The number of rotatable bonds is 3. The Morgan fingerprint density at radius 3 is 2.30 bits per heavy atom. The van der Waals surface area contributed by atoms with Crippen molar-refractivity contribution in [2.24, 2.45) is 0 Å². The molecule has 27 heavy (non-hydrogen) atoms. The van der Waals surface area contributed by atoms with E-state index in [0.717, 1.165) is 15.6 Å². The van der Waals surface area contributed by atoms with Crippen LogP contribution in [0, 0.1) is 0 Å². The number of hydrogen-bond acceptors (Lipinski definition) is 3. The Kier molecular flexibility index (Phi) is 6.11. The number of urea groups is 1. The molecule has 8 heteroatoms. The van der Waals surface area contributed by atoms with E-state index in [4.69, 9.17) is 23.2 Å². The molecule has 1 aromatic heterocycles. The van der Waals surface area contributed by atoms with Crippen molar-refractivity contribution in [3.05, 3.63) is 80.9 Å². The van der Waals surface area contributed by atoms with Crippen LogP contribution in [0.1, 0.15) is 10.4 Å². The van der Waals surface area contributed by atoms with E-state index in [2.05, 4.69) is 31.5 Å². The summed E-state index contributed by atoms with van der Waals surface area (Å²) in [6.45, 7) is 0.